The summed E-state index contributed by atoms with van der Waals surface area (Å²) in [5, 5.41) is 4.15. The summed E-state index contributed by atoms with van der Waals surface area (Å²) in [6, 6.07) is 21.4. The van der Waals surface area contributed by atoms with Crippen LogP contribution in [0.3, 0.4) is 0 Å². The van der Waals surface area contributed by atoms with Crippen LogP contribution in [0.5, 0.6) is 0 Å². The lowest BCUT2D eigenvalue weighted by molar-refractivity contribution is -0.137. The Balaban J connectivity index is 1.81. The molecule has 0 unspecified atom stereocenters. The summed E-state index contributed by atoms with van der Waals surface area (Å²) in [6.07, 6.45) is -4.72. The summed E-state index contributed by atoms with van der Waals surface area (Å²) in [5.41, 5.74) is 0.647. The SMILES string of the molecule is O=S(=O)(Nc1cc(-c2ccccc2)nn1-c1ccccc1)c1cc(C(F)(F)F)ccc1Cl. The Bertz CT molecular complexity index is 1360. The zero-order valence-electron chi connectivity index (χ0n) is 16.2. The van der Waals surface area contributed by atoms with Gasteiger partial charge in [-0.2, -0.15) is 18.3 Å². The van der Waals surface area contributed by atoms with E-state index >= 15 is 0 Å². The van der Waals surface area contributed by atoms with Crippen LogP contribution >= 0.6 is 11.6 Å². The Morgan fingerprint density at radius 3 is 2.12 bits per heavy atom. The highest BCUT2D eigenvalue weighted by molar-refractivity contribution is 7.92. The van der Waals surface area contributed by atoms with Crippen LogP contribution < -0.4 is 4.72 Å². The molecular weight excluding hydrogens is 463 g/mol. The first-order valence-corrected chi connectivity index (χ1v) is 11.1. The fraction of sp³-hybridized carbons (Fsp3) is 0.0455. The number of nitrogens with one attached hydrogen (secondary N) is 1. The third kappa shape index (κ3) is 4.49. The lowest BCUT2D eigenvalue weighted by Crippen LogP contribution is -2.17. The second-order valence-electron chi connectivity index (χ2n) is 6.78. The maximum atomic E-state index is 13.1. The van der Waals surface area contributed by atoms with Gasteiger partial charge in [-0.15, -0.1) is 0 Å². The fourth-order valence-electron chi connectivity index (χ4n) is 3.05. The van der Waals surface area contributed by atoms with Gasteiger partial charge in [0.1, 0.15) is 10.7 Å². The summed E-state index contributed by atoms with van der Waals surface area (Å²) < 4.78 is 69.1. The van der Waals surface area contributed by atoms with Crippen molar-refractivity contribution < 1.29 is 21.6 Å². The number of anilines is 1. The third-order valence-electron chi connectivity index (χ3n) is 4.57. The highest BCUT2D eigenvalue weighted by atomic mass is 35.5. The Kier molecular flexibility index (Phi) is 5.70. The van der Waals surface area contributed by atoms with E-state index in [2.05, 4.69) is 9.82 Å². The molecular formula is C22H15ClF3N3O2S. The van der Waals surface area contributed by atoms with E-state index in [-0.39, 0.29) is 10.8 Å². The van der Waals surface area contributed by atoms with E-state index < -0.39 is 26.7 Å². The number of aromatic nitrogens is 2. The first kappa shape index (κ1) is 21.9. The molecule has 5 nitrogen and oxygen atoms in total. The van der Waals surface area contributed by atoms with E-state index in [1.165, 1.54) is 10.7 Å². The van der Waals surface area contributed by atoms with Crippen molar-refractivity contribution in [1.29, 1.82) is 0 Å². The molecule has 1 aromatic heterocycles. The first-order valence-electron chi connectivity index (χ1n) is 9.26. The number of nitrogens with zero attached hydrogens (tertiary/aromatic N) is 2. The molecule has 0 aliphatic carbocycles. The van der Waals surface area contributed by atoms with Gasteiger partial charge in [0.2, 0.25) is 0 Å². The van der Waals surface area contributed by atoms with Gasteiger partial charge in [0.15, 0.2) is 0 Å². The zero-order valence-corrected chi connectivity index (χ0v) is 17.8. The van der Waals surface area contributed by atoms with Crippen LogP contribution in [0.2, 0.25) is 5.02 Å². The molecule has 1 N–H and O–H groups in total. The van der Waals surface area contributed by atoms with Crippen molar-refractivity contribution in [2.24, 2.45) is 0 Å². The molecule has 164 valence electrons. The van der Waals surface area contributed by atoms with Gasteiger partial charge in [0.05, 0.1) is 22.0 Å². The van der Waals surface area contributed by atoms with Crippen LogP contribution in [0.25, 0.3) is 16.9 Å². The van der Waals surface area contributed by atoms with Gasteiger partial charge < -0.3 is 0 Å². The molecule has 1 heterocycles. The van der Waals surface area contributed by atoms with Gasteiger partial charge in [0, 0.05) is 11.6 Å². The van der Waals surface area contributed by atoms with Crippen molar-refractivity contribution in [3.8, 4) is 16.9 Å². The van der Waals surface area contributed by atoms with E-state index in [0.717, 1.165) is 17.7 Å². The number of sulfonamides is 1. The van der Waals surface area contributed by atoms with Crippen LogP contribution in [0, 0.1) is 0 Å². The van der Waals surface area contributed by atoms with Gasteiger partial charge in [-0.1, -0.05) is 60.1 Å². The molecule has 3 aromatic carbocycles. The fourth-order valence-corrected chi connectivity index (χ4v) is 4.61. The number of alkyl halides is 3. The molecule has 4 aromatic rings. The average Bonchev–Trinajstić information content (AvgIpc) is 3.17. The molecule has 0 fully saturated rings. The molecule has 0 saturated heterocycles. The highest BCUT2D eigenvalue weighted by Crippen LogP contribution is 2.34. The van der Waals surface area contributed by atoms with Gasteiger partial charge >= 0.3 is 6.18 Å². The largest absolute Gasteiger partial charge is 0.416 e. The summed E-state index contributed by atoms with van der Waals surface area (Å²) in [6.45, 7) is 0. The summed E-state index contributed by atoms with van der Waals surface area (Å²) in [4.78, 5) is -0.684. The van der Waals surface area contributed by atoms with E-state index in [0.29, 0.717) is 17.4 Å². The van der Waals surface area contributed by atoms with Gasteiger partial charge in [-0.3, -0.25) is 4.72 Å². The Morgan fingerprint density at radius 2 is 1.50 bits per heavy atom. The van der Waals surface area contributed by atoms with Crippen molar-refractivity contribution in [3.05, 3.63) is 95.5 Å². The molecule has 0 bridgehead atoms. The van der Waals surface area contributed by atoms with Gasteiger partial charge in [-0.05, 0) is 30.3 Å². The average molecular weight is 478 g/mol. The normalized spacial score (nSPS) is 12.0. The maximum Gasteiger partial charge on any atom is 0.416 e. The van der Waals surface area contributed by atoms with Crippen LogP contribution in [-0.4, -0.2) is 18.2 Å². The predicted molar refractivity (Wildman–Crippen MR) is 116 cm³/mol. The first-order chi connectivity index (χ1) is 15.1. The summed E-state index contributed by atoms with van der Waals surface area (Å²) in [5.74, 6) is 0.0449. The van der Waals surface area contributed by atoms with Crippen LogP contribution in [-0.2, 0) is 16.2 Å². The number of hydrogen-bond donors (Lipinski definition) is 1. The molecule has 0 aliphatic rings. The highest BCUT2D eigenvalue weighted by Gasteiger charge is 2.33. The summed E-state index contributed by atoms with van der Waals surface area (Å²) in [7, 11) is -4.47. The number of hydrogen-bond acceptors (Lipinski definition) is 3. The monoisotopic (exact) mass is 477 g/mol. The van der Waals surface area contributed by atoms with Crippen LogP contribution in [0.15, 0.2) is 89.8 Å². The molecule has 0 spiro atoms. The molecule has 0 aliphatic heterocycles. The third-order valence-corrected chi connectivity index (χ3v) is 6.40. The van der Waals surface area contributed by atoms with Gasteiger partial charge in [-0.25, -0.2) is 13.1 Å². The van der Waals surface area contributed by atoms with E-state index in [1.807, 2.05) is 18.2 Å². The van der Waals surface area contributed by atoms with Crippen LogP contribution in [0.4, 0.5) is 19.0 Å². The standard InChI is InChI=1S/C22H15ClF3N3O2S/c23-18-12-11-16(22(24,25)26)13-20(18)32(30,31)28-21-14-19(15-7-3-1-4-8-15)27-29(21)17-9-5-2-6-10-17/h1-14,28H. The van der Waals surface area contributed by atoms with E-state index in [9.17, 15) is 21.6 Å². The zero-order chi connectivity index (χ0) is 22.9. The van der Waals surface area contributed by atoms with Crippen molar-refractivity contribution in [1.82, 2.24) is 9.78 Å². The summed E-state index contributed by atoms with van der Waals surface area (Å²) >= 11 is 5.95. The second-order valence-corrected chi connectivity index (χ2v) is 8.83. The maximum absolute atomic E-state index is 13.1. The molecule has 0 saturated carbocycles. The van der Waals surface area contributed by atoms with Crippen LogP contribution in [0.1, 0.15) is 5.56 Å². The second kappa shape index (κ2) is 8.33. The molecule has 10 heteroatoms. The minimum absolute atomic E-state index is 0.0449. The van der Waals surface area contributed by atoms with Crippen molar-refractivity contribution in [3.63, 3.8) is 0 Å². The van der Waals surface area contributed by atoms with E-state index in [4.69, 9.17) is 11.6 Å². The molecule has 0 atom stereocenters. The van der Waals surface area contributed by atoms with Crippen molar-refractivity contribution >= 4 is 27.4 Å². The Labute approximate surface area is 187 Å². The minimum atomic E-state index is -4.72. The predicted octanol–water partition coefficient (Wildman–Crippen LogP) is 6.01. The molecule has 4 rings (SSSR count). The lowest BCUT2D eigenvalue weighted by atomic mass is 10.2. The minimum Gasteiger partial charge on any atom is -0.263 e. The van der Waals surface area contributed by atoms with Crippen molar-refractivity contribution in [2.75, 3.05) is 4.72 Å². The smallest absolute Gasteiger partial charge is 0.263 e. The molecule has 0 radical (unpaired) electrons. The number of halogens is 4. The van der Waals surface area contributed by atoms with E-state index in [1.54, 1.807) is 42.5 Å². The Hall–Kier alpha value is -3.30. The van der Waals surface area contributed by atoms with Gasteiger partial charge in [0.25, 0.3) is 10.0 Å². The number of para-hydroxylation sites is 1. The van der Waals surface area contributed by atoms with Crippen molar-refractivity contribution in [2.45, 2.75) is 11.1 Å². The number of rotatable bonds is 5. The molecule has 32 heavy (non-hydrogen) atoms. The number of benzene rings is 3. The lowest BCUT2D eigenvalue weighted by Gasteiger charge is -2.13. The topological polar surface area (TPSA) is 64.0 Å². The Morgan fingerprint density at radius 1 is 0.875 bits per heavy atom. The molecule has 0 amide bonds. The quantitative estimate of drug-likeness (QED) is 0.382.